The fourth-order valence-corrected chi connectivity index (χ4v) is 20.4. The van der Waals surface area contributed by atoms with Crippen molar-refractivity contribution in [2.24, 2.45) is 60.7 Å². The van der Waals surface area contributed by atoms with Crippen LogP contribution in [0.15, 0.2) is 303 Å². The predicted molar refractivity (Wildman–Crippen MR) is 528 cm³/mol. The van der Waals surface area contributed by atoms with Crippen LogP contribution in [-0.2, 0) is 78.4 Å². The summed E-state index contributed by atoms with van der Waals surface area (Å²) in [5, 5.41) is 14.4. The lowest BCUT2D eigenvalue weighted by Crippen LogP contribution is -2.52. The third-order valence-electron chi connectivity index (χ3n) is 25.3. The molecule has 134 heavy (non-hydrogen) atoms. The highest BCUT2D eigenvalue weighted by Gasteiger charge is 2.54. The number of amides is 6. The van der Waals surface area contributed by atoms with E-state index in [0.29, 0.717) is 34.3 Å². The molecule has 20 rings (SSSR count). The van der Waals surface area contributed by atoms with Gasteiger partial charge in [-0.2, -0.15) is 0 Å². The molecule has 682 valence electrons. The zero-order chi connectivity index (χ0) is 94.5. The number of rotatable bonds is 18. The minimum absolute atomic E-state index is 0.0122. The summed E-state index contributed by atoms with van der Waals surface area (Å²) in [4.78, 5) is 128. The van der Waals surface area contributed by atoms with E-state index >= 15 is 0 Å². The van der Waals surface area contributed by atoms with E-state index in [2.05, 4.69) is 98.6 Å². The zero-order valence-corrected chi connectivity index (χ0v) is 78.8. The number of aromatic nitrogens is 5. The zero-order valence-electron chi connectivity index (χ0n) is 74.8. The van der Waals surface area contributed by atoms with Gasteiger partial charge in [-0.1, -0.05) is 200 Å². The summed E-state index contributed by atoms with van der Waals surface area (Å²) in [5.41, 5.74) is 36.9. The molecule has 32 heteroatoms. The normalized spacial score (nSPS) is 20.1. The number of likely N-dealkylation sites (N-methyl/N-ethyl adjacent to an activating group) is 1. The lowest BCUT2D eigenvalue weighted by Gasteiger charge is -2.40. The van der Waals surface area contributed by atoms with Gasteiger partial charge in [0.2, 0.25) is 17.7 Å². The van der Waals surface area contributed by atoms with Crippen molar-refractivity contribution >= 4 is 126 Å². The number of guanidine groups is 5. The molecule has 8 aromatic carbocycles. The fourth-order valence-electron chi connectivity index (χ4n) is 17.1. The van der Waals surface area contributed by atoms with Crippen LogP contribution >= 0.6 is 50.2 Å². The van der Waals surface area contributed by atoms with Gasteiger partial charge in [-0.05, 0) is 179 Å². The van der Waals surface area contributed by atoms with E-state index in [1.807, 2.05) is 221 Å². The summed E-state index contributed by atoms with van der Waals surface area (Å²) in [6.07, 6.45) is 16.6. The average molecular weight is 1910 g/mol. The number of fused-ring (bicyclic) bond motifs is 1. The molecule has 6 amide bonds. The van der Waals surface area contributed by atoms with Crippen molar-refractivity contribution in [3.63, 3.8) is 0 Å². The van der Waals surface area contributed by atoms with Crippen LogP contribution in [0.5, 0.6) is 0 Å². The van der Waals surface area contributed by atoms with Gasteiger partial charge in [-0.15, -0.1) is 22.7 Å². The average Bonchev–Trinajstić information content (AvgIpc) is 1.63. The molecule has 5 aromatic heterocycles. The molecule has 0 radical (unpaired) electrons. The minimum atomic E-state index is -1.23. The Morgan fingerprint density at radius 1 is 0.530 bits per heavy atom. The van der Waals surface area contributed by atoms with E-state index in [4.69, 9.17) is 50.3 Å². The number of thiophene rings is 2. The maximum atomic E-state index is 13.9. The number of aliphatic imine (C=N–C) groups is 5. The Hall–Kier alpha value is -14.2. The standard InChI is InChI=1S/C27H26N4O2.C20H22BrN3O2S.C20H19N5O.C19H18N4OS.C16H16ClN5O/c28-26-30-27(21-11-3-1-4-12-21,22-13-5-2-6-14-22)25(33)31(26)18-19-9-7-10-20(17-19)24(32)29-23-15-8-16-23;1-20(16-9-14(21)15(10-25)27-16)17(18(26)24(2)19(22)23-20)13-7-5-12(6-8-13)11-3-4-11;1-24-13-12-22-17(24)14-25-18(26)20(23-19(25)21,15-8-4-2-5-9-15)16-10-6-3-7-11-16;1-19(11-16(24)23(2)18(20)22-19)15-10-13-4-3-5-14(17(13)25-15)12-6-8-21-9-7-12;1-16(7-14(23)22(2)15(18)21-16)13-9-19-8-12(20-13)10-4-3-5-11(17)6-10/h1-7,9-14,17,23H,8,15-16,18H2,(H2,28,30)(H,29,32);5-9,11,17,25H,3-4,10H2,1-2H3,(H2,22,23);2-13H,14H2,1H3,(H2,21,23);3-10H,11H2,1-2H3,(H2,20,22);3-6,8-9H,7H2,1-2H3,(H2,18,21)/t;17-,20+;;19-;16-/m.0.00/s1. The monoisotopic (exact) mass is 1910 g/mol. The van der Waals surface area contributed by atoms with E-state index in [0.717, 1.165) is 99.6 Å². The third kappa shape index (κ3) is 18.9. The van der Waals surface area contributed by atoms with Gasteiger partial charge in [0.1, 0.15) is 22.4 Å². The molecule has 12 N–H and O–H groups in total. The molecule has 0 saturated heterocycles. The SMILES string of the molecule is CN1C(=O)C[C@@](C)(c2cc3cccc(-c4ccncc4)c3s2)N=C1N.CN1C(=O)C[C@@](C)(c2cncc(-c3cccc(Cl)c3)n2)N=C1N.CN1C(=O)[C@H](c2ccc(C3CC3)cc2)[C@@](C)(c2cc(Br)c(CO)s2)N=C1N.Cn1ccnc1CN1C(=O)C(c2ccccc2)(c2ccccc2)N=C1N.NC1=NC(c2ccccc2)(c2ccccc2)C(=O)N1Cc1cccc(C(=O)NC2CCC2)c1. The van der Waals surface area contributed by atoms with E-state index < -0.39 is 33.6 Å². The van der Waals surface area contributed by atoms with Crippen LogP contribution < -0.4 is 34.0 Å². The van der Waals surface area contributed by atoms with Gasteiger partial charge in [-0.3, -0.25) is 63.2 Å². The Bertz CT molecular complexity index is 6680. The predicted octanol–water partition coefficient (Wildman–Crippen LogP) is 14.8. The molecule has 0 bridgehead atoms. The van der Waals surface area contributed by atoms with Crippen LogP contribution in [0.1, 0.15) is 153 Å². The van der Waals surface area contributed by atoms with Crippen molar-refractivity contribution in [3.8, 4) is 22.4 Å². The van der Waals surface area contributed by atoms with Crippen molar-refractivity contribution in [1.82, 2.24) is 54.3 Å². The Labute approximate surface area is 797 Å². The second-order valence-corrected chi connectivity index (χ2v) is 37.9. The number of imidazole rings is 1. The lowest BCUT2D eigenvalue weighted by molar-refractivity contribution is -0.131. The summed E-state index contributed by atoms with van der Waals surface area (Å²) >= 11 is 12.7. The van der Waals surface area contributed by atoms with E-state index in [1.165, 1.54) is 58.9 Å². The molecule has 28 nitrogen and oxygen atoms in total. The van der Waals surface area contributed by atoms with Crippen LogP contribution in [-0.4, -0.2) is 147 Å². The Morgan fingerprint density at radius 3 is 1.60 bits per heavy atom. The van der Waals surface area contributed by atoms with Gasteiger partial charge in [0.25, 0.3) is 17.7 Å². The number of benzene rings is 8. The van der Waals surface area contributed by atoms with E-state index in [-0.39, 0.29) is 97.4 Å². The number of nitrogens with zero attached hydrogens (tertiary/aromatic N) is 15. The number of carbonyl (C=O) groups is 6. The first kappa shape index (κ1) is 93.0. The molecule has 4 atom stereocenters. The van der Waals surface area contributed by atoms with E-state index in [1.54, 1.807) is 75.6 Å². The molecule has 13 aromatic rings. The number of nitrogens with one attached hydrogen (secondary N) is 1. The number of aliphatic hydroxyl groups is 1. The van der Waals surface area contributed by atoms with Crippen molar-refractivity contribution < 1.29 is 33.9 Å². The van der Waals surface area contributed by atoms with Gasteiger partial charge >= 0.3 is 0 Å². The van der Waals surface area contributed by atoms with Crippen molar-refractivity contribution in [2.75, 3.05) is 21.1 Å². The number of halogens is 2. The van der Waals surface area contributed by atoms with Gasteiger partial charge in [0.05, 0.1) is 62.2 Å². The van der Waals surface area contributed by atoms with Crippen molar-refractivity contribution in [3.05, 3.63) is 354 Å². The van der Waals surface area contributed by atoms with Gasteiger partial charge in [-0.25, -0.2) is 34.9 Å². The summed E-state index contributed by atoms with van der Waals surface area (Å²) < 4.78 is 3.88. The highest BCUT2D eigenvalue weighted by Crippen LogP contribution is 2.51. The highest BCUT2D eigenvalue weighted by atomic mass is 79.9. The molecular weight excluding hydrogens is 1810 g/mol. The maximum absolute atomic E-state index is 13.9. The highest BCUT2D eigenvalue weighted by molar-refractivity contribution is 9.10. The molecule has 7 aliphatic rings. The lowest BCUT2D eigenvalue weighted by atomic mass is 9.77. The number of aliphatic hydroxyl groups excluding tert-OH is 1. The summed E-state index contributed by atoms with van der Waals surface area (Å²) in [5.74, 6) is 1.32. The van der Waals surface area contributed by atoms with Crippen LogP contribution in [0.25, 0.3) is 32.5 Å². The van der Waals surface area contributed by atoms with Crippen LogP contribution in [0, 0.1) is 0 Å². The molecular formula is C102H101BrClN21O7S2. The third-order valence-corrected chi connectivity index (χ3v) is 29.2. The number of aryl methyl sites for hydroxylation is 1. The molecule has 5 aliphatic heterocycles. The van der Waals surface area contributed by atoms with Gasteiger partial charge in [0.15, 0.2) is 40.9 Å². The van der Waals surface area contributed by atoms with Crippen LogP contribution in [0.2, 0.25) is 5.02 Å². The molecule has 2 aliphatic carbocycles. The van der Waals surface area contributed by atoms with Gasteiger partial charge < -0.3 is 43.7 Å². The first-order valence-electron chi connectivity index (χ1n) is 43.7. The quantitative estimate of drug-likeness (QED) is 0.0419. The maximum Gasteiger partial charge on any atom is 0.267 e. The molecule has 0 spiro atoms. The Kier molecular flexibility index (Phi) is 27.0. The van der Waals surface area contributed by atoms with E-state index in [9.17, 15) is 33.9 Å². The fraction of sp³-hybridized carbons (Fsp3) is 0.245. The van der Waals surface area contributed by atoms with Crippen molar-refractivity contribution in [2.45, 2.75) is 131 Å². The second-order valence-electron chi connectivity index (χ2n) is 34.4. The Morgan fingerprint density at radius 2 is 1.07 bits per heavy atom. The number of pyridine rings is 1. The molecule has 2 saturated carbocycles. The number of carbonyl (C=O) groups excluding carboxylic acids is 6. The topological polar surface area (TPSA) is 399 Å². The summed E-state index contributed by atoms with van der Waals surface area (Å²) in [6, 6.07) is 75.7. The molecule has 2 fully saturated rings. The smallest absolute Gasteiger partial charge is 0.267 e. The first-order chi connectivity index (χ1) is 64.4. The first-order valence-corrected chi connectivity index (χ1v) is 46.5. The van der Waals surface area contributed by atoms with Crippen LogP contribution in [0.3, 0.4) is 0 Å². The Balaban J connectivity index is 0.000000122. The number of hydrogen-bond donors (Lipinski definition) is 7. The number of hydrogen-bond acceptors (Lipinski definition) is 23. The minimum Gasteiger partial charge on any atom is -0.391 e. The van der Waals surface area contributed by atoms with Crippen LogP contribution in [0.4, 0.5) is 0 Å². The van der Waals surface area contributed by atoms with Gasteiger partial charge in [0, 0.05) is 99.0 Å². The second kappa shape index (κ2) is 38.9. The number of nitrogens with two attached hydrogens (primary N) is 5. The largest absolute Gasteiger partial charge is 0.391 e. The van der Waals surface area contributed by atoms with Crippen molar-refractivity contribution in [1.29, 1.82) is 0 Å². The molecule has 10 heterocycles. The summed E-state index contributed by atoms with van der Waals surface area (Å²) in [7, 11) is 6.82. The summed E-state index contributed by atoms with van der Waals surface area (Å²) in [6.45, 7) is 6.20. The molecule has 0 unspecified atom stereocenters.